The summed E-state index contributed by atoms with van der Waals surface area (Å²) in [5.74, 6) is 1.74. The van der Waals surface area contributed by atoms with Crippen LogP contribution in [0.1, 0.15) is 20.8 Å². The number of hydrogen-bond acceptors (Lipinski definition) is 5. The van der Waals surface area contributed by atoms with Crippen molar-refractivity contribution < 1.29 is 0 Å². The summed E-state index contributed by atoms with van der Waals surface area (Å²) in [4.78, 5) is 18.0. The Morgan fingerprint density at radius 1 is 1.21 bits per heavy atom. The highest BCUT2D eigenvalue weighted by atomic mass is 127. The maximum Gasteiger partial charge on any atom is 0.225 e. The van der Waals surface area contributed by atoms with Crippen LogP contribution < -0.4 is 15.5 Å². The standard InChI is InChI=1S/C16H29N7.HI/c1-4-17-15(21-14(2)3)18-8-9-22-10-12-23(13-11-22)16-19-6-5-7-20-16;/h5-7,14H,4,8-13H2,1-3H3,(H2,17,18,21);1H. The number of halogens is 1. The molecule has 8 heteroatoms. The van der Waals surface area contributed by atoms with Crippen LogP contribution >= 0.6 is 24.0 Å². The Balaban J connectivity index is 0.00000288. The van der Waals surface area contributed by atoms with Crippen molar-refractivity contribution in [3.63, 3.8) is 0 Å². The van der Waals surface area contributed by atoms with E-state index in [9.17, 15) is 0 Å². The van der Waals surface area contributed by atoms with E-state index in [0.717, 1.165) is 57.7 Å². The van der Waals surface area contributed by atoms with Gasteiger partial charge in [0.05, 0.1) is 6.54 Å². The molecule has 0 aliphatic carbocycles. The maximum atomic E-state index is 4.64. The Kier molecular flexibility index (Phi) is 9.92. The number of piperazine rings is 1. The van der Waals surface area contributed by atoms with Gasteiger partial charge in [-0.15, -0.1) is 24.0 Å². The molecular formula is C16H30IN7. The Morgan fingerprint density at radius 3 is 2.46 bits per heavy atom. The van der Waals surface area contributed by atoms with Gasteiger partial charge >= 0.3 is 0 Å². The molecule has 1 saturated heterocycles. The van der Waals surface area contributed by atoms with E-state index < -0.39 is 0 Å². The van der Waals surface area contributed by atoms with E-state index in [4.69, 9.17) is 0 Å². The summed E-state index contributed by atoms with van der Waals surface area (Å²) in [5.41, 5.74) is 0. The van der Waals surface area contributed by atoms with Gasteiger partial charge in [0.2, 0.25) is 5.95 Å². The molecule has 0 radical (unpaired) electrons. The van der Waals surface area contributed by atoms with Crippen molar-refractivity contribution in [2.24, 2.45) is 4.99 Å². The highest BCUT2D eigenvalue weighted by Crippen LogP contribution is 2.09. The van der Waals surface area contributed by atoms with Crippen LogP contribution in [0.4, 0.5) is 5.95 Å². The summed E-state index contributed by atoms with van der Waals surface area (Å²) in [6.07, 6.45) is 3.60. The van der Waals surface area contributed by atoms with Crippen LogP contribution in [-0.4, -0.2) is 72.7 Å². The predicted octanol–water partition coefficient (Wildman–Crippen LogP) is 1.18. The molecule has 1 aromatic rings. The molecule has 1 aromatic heterocycles. The average Bonchev–Trinajstić information content (AvgIpc) is 2.56. The highest BCUT2D eigenvalue weighted by Gasteiger charge is 2.18. The molecular weight excluding hydrogens is 417 g/mol. The lowest BCUT2D eigenvalue weighted by Crippen LogP contribution is -2.48. The van der Waals surface area contributed by atoms with Crippen molar-refractivity contribution in [3.05, 3.63) is 18.5 Å². The van der Waals surface area contributed by atoms with Gasteiger partial charge in [0.25, 0.3) is 0 Å². The quantitative estimate of drug-likeness (QED) is 0.388. The first-order valence-corrected chi connectivity index (χ1v) is 8.48. The number of rotatable bonds is 6. The average molecular weight is 447 g/mol. The number of nitrogens with zero attached hydrogens (tertiary/aromatic N) is 5. The molecule has 0 unspecified atom stereocenters. The van der Waals surface area contributed by atoms with Crippen molar-refractivity contribution in [1.29, 1.82) is 0 Å². The smallest absolute Gasteiger partial charge is 0.225 e. The second-order valence-corrected chi connectivity index (χ2v) is 5.94. The Bertz CT molecular complexity index is 473. The van der Waals surface area contributed by atoms with Gasteiger partial charge in [-0.2, -0.15) is 0 Å². The molecule has 2 heterocycles. The topological polar surface area (TPSA) is 68.7 Å². The lowest BCUT2D eigenvalue weighted by Gasteiger charge is -2.34. The lowest BCUT2D eigenvalue weighted by molar-refractivity contribution is 0.263. The number of guanidine groups is 1. The molecule has 0 spiro atoms. The monoisotopic (exact) mass is 447 g/mol. The molecule has 0 aromatic carbocycles. The van der Waals surface area contributed by atoms with Gasteiger partial charge in [0.1, 0.15) is 0 Å². The SMILES string of the molecule is CCNC(=NCCN1CCN(c2ncccn2)CC1)NC(C)C.I. The van der Waals surface area contributed by atoms with Crippen LogP contribution in [0.3, 0.4) is 0 Å². The minimum absolute atomic E-state index is 0. The van der Waals surface area contributed by atoms with E-state index in [-0.39, 0.29) is 24.0 Å². The first-order chi connectivity index (χ1) is 11.2. The molecule has 1 fully saturated rings. The zero-order valence-corrected chi connectivity index (χ0v) is 17.2. The highest BCUT2D eigenvalue weighted by molar-refractivity contribution is 14.0. The predicted molar refractivity (Wildman–Crippen MR) is 110 cm³/mol. The van der Waals surface area contributed by atoms with Gasteiger partial charge in [-0.05, 0) is 26.8 Å². The number of anilines is 1. The summed E-state index contributed by atoms with van der Waals surface area (Å²) in [5, 5.41) is 6.62. The molecule has 0 saturated carbocycles. The third-order valence-corrected chi connectivity index (χ3v) is 3.66. The second-order valence-electron chi connectivity index (χ2n) is 5.94. The molecule has 0 bridgehead atoms. The summed E-state index contributed by atoms with van der Waals surface area (Å²) in [6, 6.07) is 2.24. The zero-order chi connectivity index (χ0) is 16.5. The first kappa shape index (κ1) is 20.9. The van der Waals surface area contributed by atoms with E-state index in [1.807, 2.05) is 6.07 Å². The summed E-state index contributed by atoms with van der Waals surface area (Å²) in [6.45, 7) is 13.0. The van der Waals surface area contributed by atoms with E-state index in [1.54, 1.807) is 12.4 Å². The van der Waals surface area contributed by atoms with E-state index >= 15 is 0 Å². The molecule has 7 nitrogen and oxygen atoms in total. The third-order valence-electron chi connectivity index (χ3n) is 3.66. The fourth-order valence-electron chi connectivity index (χ4n) is 2.52. The van der Waals surface area contributed by atoms with E-state index in [2.05, 4.69) is 56.2 Å². The summed E-state index contributed by atoms with van der Waals surface area (Å²) >= 11 is 0. The fourth-order valence-corrected chi connectivity index (χ4v) is 2.52. The van der Waals surface area contributed by atoms with Crippen LogP contribution in [0.2, 0.25) is 0 Å². The Morgan fingerprint density at radius 2 is 1.88 bits per heavy atom. The number of aliphatic imine (C=N–C) groups is 1. The fraction of sp³-hybridized carbons (Fsp3) is 0.688. The summed E-state index contributed by atoms with van der Waals surface area (Å²) in [7, 11) is 0. The number of hydrogen-bond donors (Lipinski definition) is 2. The van der Waals surface area contributed by atoms with Crippen LogP contribution in [-0.2, 0) is 0 Å². The van der Waals surface area contributed by atoms with Crippen molar-refractivity contribution in [2.75, 3.05) is 50.7 Å². The van der Waals surface area contributed by atoms with E-state index in [1.165, 1.54) is 0 Å². The molecule has 2 rings (SSSR count). The maximum absolute atomic E-state index is 4.64. The molecule has 0 atom stereocenters. The molecule has 2 N–H and O–H groups in total. The van der Waals surface area contributed by atoms with Gasteiger partial charge in [-0.3, -0.25) is 9.89 Å². The van der Waals surface area contributed by atoms with Gasteiger partial charge in [0, 0.05) is 57.7 Å². The first-order valence-electron chi connectivity index (χ1n) is 8.48. The van der Waals surface area contributed by atoms with E-state index in [0.29, 0.717) is 6.04 Å². The second kappa shape index (κ2) is 11.4. The molecule has 24 heavy (non-hydrogen) atoms. The van der Waals surface area contributed by atoms with Crippen molar-refractivity contribution in [1.82, 2.24) is 25.5 Å². The minimum atomic E-state index is 0. The molecule has 1 aliphatic rings. The number of aromatic nitrogens is 2. The number of nitrogens with one attached hydrogen (secondary N) is 2. The van der Waals surface area contributed by atoms with Crippen molar-refractivity contribution in [2.45, 2.75) is 26.8 Å². The molecule has 0 amide bonds. The zero-order valence-electron chi connectivity index (χ0n) is 14.9. The van der Waals surface area contributed by atoms with Crippen LogP contribution in [0, 0.1) is 0 Å². The Labute approximate surface area is 162 Å². The summed E-state index contributed by atoms with van der Waals surface area (Å²) < 4.78 is 0. The van der Waals surface area contributed by atoms with Crippen molar-refractivity contribution in [3.8, 4) is 0 Å². The van der Waals surface area contributed by atoms with Crippen molar-refractivity contribution >= 4 is 35.9 Å². The van der Waals surface area contributed by atoms with Crippen LogP contribution in [0.15, 0.2) is 23.5 Å². The Hall–Kier alpha value is -1.16. The third kappa shape index (κ3) is 7.16. The van der Waals surface area contributed by atoms with Gasteiger partial charge in [-0.25, -0.2) is 9.97 Å². The molecule has 1 aliphatic heterocycles. The molecule has 136 valence electrons. The largest absolute Gasteiger partial charge is 0.357 e. The van der Waals surface area contributed by atoms with Crippen LogP contribution in [0.5, 0.6) is 0 Å². The van der Waals surface area contributed by atoms with Crippen LogP contribution in [0.25, 0.3) is 0 Å². The van der Waals surface area contributed by atoms with Gasteiger partial charge in [-0.1, -0.05) is 0 Å². The van der Waals surface area contributed by atoms with Gasteiger partial charge in [0.15, 0.2) is 5.96 Å². The normalized spacial score (nSPS) is 16.0. The minimum Gasteiger partial charge on any atom is -0.357 e. The van der Waals surface area contributed by atoms with Gasteiger partial charge < -0.3 is 15.5 Å². The lowest BCUT2D eigenvalue weighted by atomic mass is 10.3.